The molecule has 0 saturated carbocycles. The van der Waals surface area contributed by atoms with Crippen molar-refractivity contribution in [1.29, 1.82) is 0 Å². The van der Waals surface area contributed by atoms with E-state index in [2.05, 4.69) is 24.1 Å². The molecule has 170 valence electrons. The predicted molar refractivity (Wildman–Crippen MR) is 129 cm³/mol. The van der Waals surface area contributed by atoms with E-state index in [9.17, 15) is 14.4 Å². The minimum Gasteiger partial charge on any atom is -0.325 e. The van der Waals surface area contributed by atoms with Gasteiger partial charge < -0.3 is 9.88 Å². The topological polar surface area (TPSA) is 90.9 Å². The highest BCUT2D eigenvalue weighted by molar-refractivity contribution is 5.90. The second kappa shape index (κ2) is 9.28. The van der Waals surface area contributed by atoms with Crippen LogP contribution >= 0.6 is 0 Å². The lowest BCUT2D eigenvalue weighted by atomic mass is 10.0. The SMILES string of the molecule is CCn1cnc2c1c(=O)n(CC(=O)Nc1ccc(C(C)C)cc1)c(=O)n2Cc1ccccc1. The molecule has 2 aromatic carbocycles. The maximum atomic E-state index is 13.3. The first-order valence-electron chi connectivity index (χ1n) is 11.0. The number of amides is 1. The highest BCUT2D eigenvalue weighted by Gasteiger charge is 2.19. The quantitative estimate of drug-likeness (QED) is 0.473. The number of aromatic nitrogens is 4. The van der Waals surface area contributed by atoms with Crippen molar-refractivity contribution < 1.29 is 4.79 Å². The van der Waals surface area contributed by atoms with Crippen LogP contribution in [-0.4, -0.2) is 24.6 Å². The Hall–Kier alpha value is -3.94. The van der Waals surface area contributed by atoms with Crippen LogP contribution in [0.15, 0.2) is 70.5 Å². The standard InChI is InChI=1S/C25H27N5O3/c1-4-28-16-26-23-22(28)24(32)30(25(33)29(23)14-18-8-6-5-7-9-18)15-21(31)27-20-12-10-19(11-13-20)17(2)3/h5-13,16-17H,4,14-15H2,1-3H3,(H,27,31). The van der Waals surface area contributed by atoms with E-state index in [0.29, 0.717) is 29.3 Å². The molecule has 2 aromatic heterocycles. The van der Waals surface area contributed by atoms with Gasteiger partial charge in [-0.1, -0.05) is 56.3 Å². The summed E-state index contributed by atoms with van der Waals surface area (Å²) in [6.07, 6.45) is 1.55. The van der Waals surface area contributed by atoms with E-state index < -0.39 is 17.2 Å². The fourth-order valence-electron chi connectivity index (χ4n) is 3.82. The van der Waals surface area contributed by atoms with Crippen molar-refractivity contribution in [2.24, 2.45) is 0 Å². The first kappa shape index (κ1) is 22.3. The molecule has 4 rings (SSSR count). The number of fused-ring (bicyclic) bond motifs is 1. The van der Waals surface area contributed by atoms with Gasteiger partial charge in [0.05, 0.1) is 12.9 Å². The monoisotopic (exact) mass is 445 g/mol. The third kappa shape index (κ3) is 4.50. The van der Waals surface area contributed by atoms with Crippen LogP contribution < -0.4 is 16.6 Å². The maximum Gasteiger partial charge on any atom is 0.333 e. The number of rotatable bonds is 7. The lowest BCUT2D eigenvalue weighted by Gasteiger charge is -2.13. The molecule has 0 radical (unpaired) electrons. The van der Waals surface area contributed by atoms with Crippen molar-refractivity contribution in [1.82, 2.24) is 18.7 Å². The molecule has 0 aliphatic rings. The van der Waals surface area contributed by atoms with Crippen molar-refractivity contribution in [2.45, 2.75) is 46.3 Å². The third-order valence-electron chi connectivity index (χ3n) is 5.67. The van der Waals surface area contributed by atoms with Crippen LogP contribution in [0.1, 0.15) is 37.8 Å². The van der Waals surface area contributed by atoms with Crippen LogP contribution in [0.5, 0.6) is 0 Å². The summed E-state index contributed by atoms with van der Waals surface area (Å²) in [6, 6.07) is 17.0. The zero-order chi connectivity index (χ0) is 23.5. The number of nitrogens with zero attached hydrogens (tertiary/aromatic N) is 4. The van der Waals surface area contributed by atoms with Crippen LogP contribution in [0.3, 0.4) is 0 Å². The van der Waals surface area contributed by atoms with E-state index in [4.69, 9.17) is 0 Å². The molecule has 33 heavy (non-hydrogen) atoms. The lowest BCUT2D eigenvalue weighted by molar-refractivity contribution is -0.116. The number of carbonyl (C=O) groups is 1. The van der Waals surface area contributed by atoms with Gasteiger partial charge in [0.15, 0.2) is 11.2 Å². The fraction of sp³-hybridized carbons (Fsp3) is 0.280. The number of aryl methyl sites for hydroxylation is 1. The van der Waals surface area contributed by atoms with Gasteiger partial charge in [-0.25, -0.2) is 14.3 Å². The summed E-state index contributed by atoms with van der Waals surface area (Å²) in [5.41, 5.74) is 2.20. The number of benzene rings is 2. The molecule has 0 saturated heterocycles. The Morgan fingerprint density at radius 2 is 1.70 bits per heavy atom. The zero-order valence-electron chi connectivity index (χ0n) is 19.0. The van der Waals surface area contributed by atoms with Crippen LogP contribution in [0.25, 0.3) is 11.2 Å². The summed E-state index contributed by atoms with van der Waals surface area (Å²) in [6.45, 7) is 6.46. The van der Waals surface area contributed by atoms with Crippen molar-refractivity contribution in [3.05, 3.63) is 92.9 Å². The molecule has 0 unspecified atom stereocenters. The second-order valence-electron chi connectivity index (χ2n) is 8.27. The van der Waals surface area contributed by atoms with Gasteiger partial charge >= 0.3 is 5.69 Å². The Labute approximate surface area is 191 Å². The molecule has 0 bridgehead atoms. The van der Waals surface area contributed by atoms with Gasteiger partial charge in [-0.3, -0.25) is 14.2 Å². The van der Waals surface area contributed by atoms with Crippen molar-refractivity contribution in [2.75, 3.05) is 5.32 Å². The Kier molecular flexibility index (Phi) is 6.26. The Morgan fingerprint density at radius 3 is 2.33 bits per heavy atom. The van der Waals surface area contributed by atoms with Gasteiger partial charge in [-0.05, 0) is 36.1 Å². The van der Waals surface area contributed by atoms with Gasteiger partial charge in [0.25, 0.3) is 5.56 Å². The number of imidazole rings is 1. The smallest absolute Gasteiger partial charge is 0.325 e. The molecule has 8 heteroatoms. The molecular formula is C25H27N5O3. The highest BCUT2D eigenvalue weighted by atomic mass is 16.2. The molecule has 1 N–H and O–H groups in total. The second-order valence-corrected chi connectivity index (χ2v) is 8.27. The van der Waals surface area contributed by atoms with Crippen LogP contribution in [0.2, 0.25) is 0 Å². The highest BCUT2D eigenvalue weighted by Crippen LogP contribution is 2.17. The minimum absolute atomic E-state index is 0.246. The van der Waals surface area contributed by atoms with E-state index in [1.807, 2.05) is 61.5 Å². The molecule has 4 aromatic rings. The first-order valence-corrected chi connectivity index (χ1v) is 11.0. The average molecular weight is 446 g/mol. The summed E-state index contributed by atoms with van der Waals surface area (Å²) in [5, 5.41) is 2.78. The van der Waals surface area contributed by atoms with E-state index in [1.165, 1.54) is 4.57 Å². The molecule has 8 nitrogen and oxygen atoms in total. The molecule has 1 amide bonds. The summed E-state index contributed by atoms with van der Waals surface area (Å²) in [7, 11) is 0. The summed E-state index contributed by atoms with van der Waals surface area (Å²) in [4.78, 5) is 43.6. The van der Waals surface area contributed by atoms with Crippen molar-refractivity contribution in [3.8, 4) is 0 Å². The maximum absolute atomic E-state index is 13.3. The summed E-state index contributed by atoms with van der Waals surface area (Å²) < 4.78 is 4.12. The van der Waals surface area contributed by atoms with Gasteiger partial charge in [0.1, 0.15) is 6.54 Å². The van der Waals surface area contributed by atoms with Gasteiger partial charge in [0.2, 0.25) is 5.91 Å². The average Bonchev–Trinajstić information content (AvgIpc) is 3.25. The van der Waals surface area contributed by atoms with Crippen molar-refractivity contribution in [3.63, 3.8) is 0 Å². The van der Waals surface area contributed by atoms with E-state index in [1.54, 1.807) is 10.9 Å². The molecule has 2 heterocycles. The lowest BCUT2D eigenvalue weighted by Crippen LogP contribution is -2.43. The largest absolute Gasteiger partial charge is 0.333 e. The van der Waals surface area contributed by atoms with Gasteiger partial charge in [0, 0.05) is 12.2 Å². The molecule has 0 aliphatic heterocycles. The minimum atomic E-state index is -0.567. The van der Waals surface area contributed by atoms with E-state index in [-0.39, 0.29) is 13.1 Å². The van der Waals surface area contributed by atoms with E-state index in [0.717, 1.165) is 15.7 Å². The molecule has 0 atom stereocenters. The van der Waals surface area contributed by atoms with Crippen molar-refractivity contribution >= 4 is 22.8 Å². The first-order chi connectivity index (χ1) is 15.9. The fourth-order valence-corrected chi connectivity index (χ4v) is 3.82. The Morgan fingerprint density at radius 1 is 1.00 bits per heavy atom. The third-order valence-corrected chi connectivity index (χ3v) is 5.67. The van der Waals surface area contributed by atoms with Crippen LogP contribution in [-0.2, 0) is 24.4 Å². The number of hydrogen-bond acceptors (Lipinski definition) is 4. The molecule has 0 spiro atoms. The van der Waals surface area contributed by atoms with Gasteiger partial charge in [-0.2, -0.15) is 0 Å². The molecule has 0 aliphatic carbocycles. The Balaban J connectivity index is 1.71. The Bertz CT molecular complexity index is 1400. The summed E-state index contributed by atoms with van der Waals surface area (Å²) in [5.74, 6) is -0.0637. The number of carbonyl (C=O) groups excluding carboxylic acids is 1. The van der Waals surface area contributed by atoms with Gasteiger partial charge in [-0.15, -0.1) is 0 Å². The number of hydrogen-bond donors (Lipinski definition) is 1. The number of anilines is 1. The normalized spacial score (nSPS) is 11.3. The van der Waals surface area contributed by atoms with Crippen LogP contribution in [0.4, 0.5) is 5.69 Å². The van der Waals surface area contributed by atoms with Crippen LogP contribution in [0, 0.1) is 0 Å². The number of nitrogens with one attached hydrogen (secondary N) is 1. The van der Waals surface area contributed by atoms with E-state index >= 15 is 0 Å². The zero-order valence-corrected chi connectivity index (χ0v) is 19.0. The predicted octanol–water partition coefficient (Wildman–Crippen LogP) is 3.19. The summed E-state index contributed by atoms with van der Waals surface area (Å²) >= 11 is 0. The molecular weight excluding hydrogens is 418 g/mol. The molecule has 0 fully saturated rings.